The van der Waals surface area contributed by atoms with E-state index in [0.717, 1.165) is 19.3 Å². The van der Waals surface area contributed by atoms with Gasteiger partial charge in [-0.2, -0.15) is 0 Å². The molecule has 0 amide bonds. The Bertz CT molecular complexity index is 510. The maximum Gasteiger partial charge on any atom is 0.302 e. The summed E-state index contributed by atoms with van der Waals surface area (Å²) in [5, 5.41) is 11.7. The summed E-state index contributed by atoms with van der Waals surface area (Å²) in [6.45, 7) is 8.00. The SMILES string of the molecule is CC(=O)OC1CC2(O)CC3(C)CCC2(CC3Cl)C(C)(C)C1Br. The van der Waals surface area contributed by atoms with E-state index in [1.807, 2.05) is 0 Å². The Kier molecular flexibility index (Phi) is 3.76. The molecule has 6 unspecified atom stereocenters. The van der Waals surface area contributed by atoms with Gasteiger partial charge < -0.3 is 9.84 Å². The molecule has 4 fully saturated rings. The Morgan fingerprint density at radius 2 is 1.91 bits per heavy atom. The van der Waals surface area contributed by atoms with Crippen LogP contribution in [0.15, 0.2) is 0 Å². The number of aliphatic hydroxyl groups is 1. The van der Waals surface area contributed by atoms with Gasteiger partial charge in [-0.05, 0) is 36.5 Å². The lowest BCUT2D eigenvalue weighted by molar-refractivity contribution is -0.268. The third kappa shape index (κ3) is 1.99. The van der Waals surface area contributed by atoms with Crippen LogP contribution in [-0.2, 0) is 9.53 Å². The lowest BCUT2D eigenvalue weighted by Gasteiger charge is -2.72. The van der Waals surface area contributed by atoms with Gasteiger partial charge in [0.25, 0.3) is 0 Å². The van der Waals surface area contributed by atoms with Crippen molar-refractivity contribution in [3.8, 4) is 0 Å². The molecule has 126 valence electrons. The van der Waals surface area contributed by atoms with E-state index in [1.54, 1.807) is 0 Å². The summed E-state index contributed by atoms with van der Waals surface area (Å²) in [6.07, 6.45) is 3.81. The normalized spacial score (nSPS) is 53.0. The topological polar surface area (TPSA) is 46.5 Å². The minimum Gasteiger partial charge on any atom is -0.461 e. The monoisotopic (exact) mass is 392 g/mol. The molecule has 4 saturated carbocycles. The van der Waals surface area contributed by atoms with Gasteiger partial charge in [0.15, 0.2) is 0 Å². The van der Waals surface area contributed by atoms with E-state index in [-0.39, 0.29) is 38.5 Å². The second-order valence-electron chi connectivity index (χ2n) is 8.59. The third-order valence-corrected chi connectivity index (χ3v) is 9.51. The third-order valence-electron chi connectivity index (χ3n) is 7.10. The molecule has 2 bridgehead atoms. The number of fused-ring (bicyclic) bond motifs is 2. The summed E-state index contributed by atoms with van der Waals surface area (Å²) in [5.74, 6) is -0.285. The summed E-state index contributed by atoms with van der Waals surface area (Å²) in [4.78, 5) is 11.5. The second-order valence-corrected chi connectivity index (χ2v) is 10.1. The molecule has 1 spiro atoms. The van der Waals surface area contributed by atoms with E-state index in [1.165, 1.54) is 6.92 Å². The number of ether oxygens (including phenoxy) is 1. The van der Waals surface area contributed by atoms with Crippen molar-refractivity contribution in [2.45, 2.75) is 81.7 Å². The first-order valence-electron chi connectivity index (χ1n) is 8.15. The molecule has 0 aromatic rings. The summed E-state index contributed by atoms with van der Waals surface area (Å²) in [5.41, 5.74) is -1.24. The van der Waals surface area contributed by atoms with Gasteiger partial charge in [0.2, 0.25) is 0 Å². The quantitative estimate of drug-likeness (QED) is 0.540. The molecule has 4 aliphatic rings. The Morgan fingerprint density at radius 1 is 1.27 bits per heavy atom. The van der Waals surface area contributed by atoms with Crippen LogP contribution in [0.2, 0.25) is 0 Å². The molecule has 0 aromatic carbocycles. The molecular weight excluding hydrogens is 368 g/mol. The number of alkyl halides is 2. The Morgan fingerprint density at radius 3 is 2.45 bits per heavy atom. The van der Waals surface area contributed by atoms with Gasteiger partial charge in [-0.25, -0.2) is 0 Å². The van der Waals surface area contributed by atoms with Crippen molar-refractivity contribution < 1.29 is 14.6 Å². The minimum absolute atomic E-state index is 0.0198. The van der Waals surface area contributed by atoms with Gasteiger partial charge in [-0.1, -0.05) is 36.7 Å². The molecule has 0 aliphatic heterocycles. The number of carbonyl (C=O) groups is 1. The number of carbonyl (C=O) groups excluding carboxylic acids is 1. The molecular formula is C17H26BrClO3. The van der Waals surface area contributed by atoms with Gasteiger partial charge >= 0.3 is 5.97 Å². The average molecular weight is 394 g/mol. The molecule has 0 saturated heterocycles. The molecule has 0 heterocycles. The predicted molar refractivity (Wildman–Crippen MR) is 90.3 cm³/mol. The highest BCUT2D eigenvalue weighted by Crippen LogP contribution is 2.73. The first kappa shape index (κ1) is 17.0. The van der Waals surface area contributed by atoms with Crippen LogP contribution in [0.1, 0.15) is 59.8 Å². The molecule has 0 radical (unpaired) electrons. The van der Waals surface area contributed by atoms with E-state index in [0.29, 0.717) is 12.8 Å². The Hall–Kier alpha value is 0.200. The van der Waals surface area contributed by atoms with Crippen molar-refractivity contribution in [3.05, 3.63) is 0 Å². The number of hydrogen-bond donors (Lipinski definition) is 1. The fourth-order valence-electron chi connectivity index (χ4n) is 5.70. The summed E-state index contributed by atoms with van der Waals surface area (Å²) in [7, 11) is 0. The molecule has 1 N–H and O–H groups in total. The second kappa shape index (κ2) is 4.86. The number of halogens is 2. The van der Waals surface area contributed by atoms with Crippen molar-refractivity contribution in [3.63, 3.8) is 0 Å². The van der Waals surface area contributed by atoms with Crippen LogP contribution in [0.3, 0.4) is 0 Å². The van der Waals surface area contributed by atoms with Gasteiger partial charge in [-0.15, -0.1) is 11.6 Å². The van der Waals surface area contributed by atoms with E-state index in [9.17, 15) is 9.90 Å². The fourth-order valence-corrected chi connectivity index (χ4v) is 6.88. The maximum atomic E-state index is 11.6. The van der Waals surface area contributed by atoms with Gasteiger partial charge in [0, 0.05) is 24.1 Å². The summed E-state index contributed by atoms with van der Waals surface area (Å²) < 4.78 is 5.54. The average Bonchev–Trinajstić information content (AvgIpc) is 2.37. The van der Waals surface area contributed by atoms with Crippen molar-refractivity contribution >= 4 is 33.5 Å². The zero-order valence-electron chi connectivity index (χ0n) is 13.8. The van der Waals surface area contributed by atoms with Gasteiger partial charge in [0.05, 0.1) is 10.4 Å². The van der Waals surface area contributed by atoms with Crippen LogP contribution in [0.5, 0.6) is 0 Å². The van der Waals surface area contributed by atoms with E-state index >= 15 is 0 Å². The molecule has 4 rings (SSSR count). The lowest BCUT2D eigenvalue weighted by atomic mass is 9.37. The van der Waals surface area contributed by atoms with Gasteiger partial charge in [0.1, 0.15) is 6.10 Å². The van der Waals surface area contributed by atoms with E-state index in [2.05, 4.69) is 36.7 Å². The minimum atomic E-state index is -0.806. The summed E-state index contributed by atoms with van der Waals surface area (Å²) in [6, 6.07) is 0. The number of rotatable bonds is 1. The lowest BCUT2D eigenvalue weighted by Crippen LogP contribution is -2.74. The zero-order chi connectivity index (χ0) is 16.6. The van der Waals surface area contributed by atoms with E-state index in [4.69, 9.17) is 16.3 Å². The molecule has 6 atom stereocenters. The molecule has 5 heteroatoms. The van der Waals surface area contributed by atoms with Crippen LogP contribution in [0.4, 0.5) is 0 Å². The number of hydrogen-bond acceptors (Lipinski definition) is 3. The first-order valence-corrected chi connectivity index (χ1v) is 9.50. The Labute approximate surface area is 146 Å². The number of esters is 1. The van der Waals surface area contributed by atoms with E-state index < -0.39 is 5.60 Å². The van der Waals surface area contributed by atoms with Crippen LogP contribution in [-0.4, -0.2) is 33.0 Å². The van der Waals surface area contributed by atoms with Crippen LogP contribution in [0, 0.1) is 16.2 Å². The molecule has 3 nitrogen and oxygen atoms in total. The maximum absolute atomic E-state index is 11.6. The zero-order valence-corrected chi connectivity index (χ0v) is 16.1. The highest BCUT2D eigenvalue weighted by molar-refractivity contribution is 9.09. The molecule has 0 aromatic heterocycles. The highest BCUT2D eigenvalue weighted by Gasteiger charge is 2.73. The molecule has 4 aliphatic carbocycles. The van der Waals surface area contributed by atoms with Crippen molar-refractivity contribution in [1.29, 1.82) is 0 Å². The largest absolute Gasteiger partial charge is 0.461 e. The van der Waals surface area contributed by atoms with Gasteiger partial charge in [-0.3, -0.25) is 4.79 Å². The summed E-state index contributed by atoms with van der Waals surface area (Å²) >= 11 is 10.5. The highest BCUT2D eigenvalue weighted by atomic mass is 79.9. The first-order chi connectivity index (χ1) is 9.97. The van der Waals surface area contributed by atoms with Crippen molar-refractivity contribution in [2.24, 2.45) is 16.2 Å². The van der Waals surface area contributed by atoms with Crippen LogP contribution < -0.4 is 0 Å². The van der Waals surface area contributed by atoms with Crippen molar-refractivity contribution in [2.75, 3.05) is 0 Å². The molecule has 22 heavy (non-hydrogen) atoms. The predicted octanol–water partition coefficient (Wildman–Crippen LogP) is 4.03. The van der Waals surface area contributed by atoms with Crippen LogP contribution in [0.25, 0.3) is 0 Å². The standard InChI is InChI=1S/C17H26BrClO3/c1-10(20)22-11-7-17(21)9-15(4)5-6-16(17,8-12(15)19)14(2,3)13(11)18/h11-13,21H,5-9H2,1-4H3. The Balaban J connectivity index is 2.05. The smallest absolute Gasteiger partial charge is 0.302 e. The van der Waals surface area contributed by atoms with Crippen LogP contribution >= 0.6 is 27.5 Å². The van der Waals surface area contributed by atoms with Crippen molar-refractivity contribution in [1.82, 2.24) is 0 Å². The fraction of sp³-hybridized carbons (Fsp3) is 0.941.